The highest BCUT2D eigenvalue weighted by Gasteiger charge is 2.26. The maximum Gasteiger partial charge on any atom is 0.160 e. The molecule has 0 spiro atoms. The summed E-state index contributed by atoms with van der Waals surface area (Å²) in [5.41, 5.74) is 9.71. The molecule has 3 heteroatoms. The third kappa shape index (κ3) is 3.42. The van der Waals surface area contributed by atoms with E-state index in [9.17, 15) is 0 Å². The van der Waals surface area contributed by atoms with E-state index in [1.807, 2.05) is 12.1 Å². The van der Waals surface area contributed by atoms with Crippen molar-refractivity contribution in [2.24, 2.45) is 5.73 Å². The Morgan fingerprint density at radius 2 is 1.73 bits per heavy atom. The summed E-state index contributed by atoms with van der Waals surface area (Å²) in [6, 6.07) is 14.6. The van der Waals surface area contributed by atoms with Crippen molar-refractivity contribution >= 4 is 0 Å². The predicted molar refractivity (Wildman–Crippen MR) is 90.8 cm³/mol. The van der Waals surface area contributed by atoms with E-state index in [-0.39, 0.29) is 5.41 Å². The third-order valence-electron chi connectivity index (χ3n) is 4.21. The van der Waals surface area contributed by atoms with Gasteiger partial charge >= 0.3 is 0 Å². The van der Waals surface area contributed by atoms with E-state index in [2.05, 4.69) is 44.2 Å². The van der Waals surface area contributed by atoms with Gasteiger partial charge in [0.1, 0.15) is 0 Å². The van der Waals surface area contributed by atoms with E-state index < -0.39 is 0 Å². The van der Waals surface area contributed by atoms with Gasteiger partial charge in [-0.1, -0.05) is 42.8 Å². The van der Waals surface area contributed by atoms with Gasteiger partial charge in [0.15, 0.2) is 11.5 Å². The van der Waals surface area contributed by atoms with Crippen LogP contribution in [0.5, 0.6) is 11.5 Å². The van der Waals surface area contributed by atoms with Crippen molar-refractivity contribution in [3.8, 4) is 11.5 Å². The van der Waals surface area contributed by atoms with E-state index in [0.29, 0.717) is 6.54 Å². The van der Waals surface area contributed by atoms with Crippen molar-refractivity contribution in [2.75, 3.05) is 20.8 Å². The van der Waals surface area contributed by atoms with Gasteiger partial charge in [0.05, 0.1) is 14.2 Å². The van der Waals surface area contributed by atoms with Crippen LogP contribution >= 0.6 is 0 Å². The summed E-state index contributed by atoms with van der Waals surface area (Å²) in [7, 11) is 3.30. The van der Waals surface area contributed by atoms with Crippen LogP contribution in [0.2, 0.25) is 0 Å². The van der Waals surface area contributed by atoms with E-state index in [4.69, 9.17) is 15.2 Å². The van der Waals surface area contributed by atoms with Crippen LogP contribution in [0.4, 0.5) is 0 Å². The summed E-state index contributed by atoms with van der Waals surface area (Å²) >= 11 is 0. The van der Waals surface area contributed by atoms with E-state index >= 15 is 0 Å². The fourth-order valence-electron chi connectivity index (χ4n) is 2.75. The molecule has 0 aliphatic carbocycles. The first-order valence-corrected chi connectivity index (χ1v) is 7.50. The molecule has 0 aromatic heterocycles. The van der Waals surface area contributed by atoms with Crippen LogP contribution < -0.4 is 15.2 Å². The summed E-state index contributed by atoms with van der Waals surface area (Å²) in [6.07, 6.45) is 0.854. The lowest BCUT2D eigenvalue weighted by Gasteiger charge is -2.29. The molecular weight excluding hydrogens is 274 g/mol. The number of nitrogens with two attached hydrogens (primary N) is 1. The van der Waals surface area contributed by atoms with Crippen LogP contribution in [0.1, 0.15) is 23.6 Å². The van der Waals surface area contributed by atoms with Crippen molar-refractivity contribution in [2.45, 2.75) is 25.7 Å². The van der Waals surface area contributed by atoms with Gasteiger partial charge in [-0.25, -0.2) is 0 Å². The van der Waals surface area contributed by atoms with Crippen molar-refractivity contribution in [3.05, 3.63) is 59.2 Å². The number of methoxy groups -OCH3 is 2. The Balaban J connectivity index is 2.33. The molecule has 0 radical (unpaired) electrons. The highest BCUT2D eigenvalue weighted by molar-refractivity contribution is 5.44. The fourth-order valence-corrected chi connectivity index (χ4v) is 2.75. The van der Waals surface area contributed by atoms with Gasteiger partial charge in [0.2, 0.25) is 0 Å². The maximum atomic E-state index is 6.11. The molecule has 2 aromatic carbocycles. The second kappa shape index (κ2) is 6.84. The lowest BCUT2D eigenvalue weighted by atomic mass is 9.77. The van der Waals surface area contributed by atoms with Crippen molar-refractivity contribution in [3.63, 3.8) is 0 Å². The molecule has 0 saturated carbocycles. The fraction of sp³-hybridized carbons (Fsp3) is 0.368. The van der Waals surface area contributed by atoms with E-state index in [1.165, 1.54) is 16.7 Å². The molecular formula is C19H25NO2. The van der Waals surface area contributed by atoms with Crippen LogP contribution in [0.25, 0.3) is 0 Å². The van der Waals surface area contributed by atoms with E-state index in [0.717, 1.165) is 17.9 Å². The smallest absolute Gasteiger partial charge is 0.160 e. The molecule has 3 nitrogen and oxygen atoms in total. The molecule has 0 bridgehead atoms. The Morgan fingerprint density at radius 3 is 2.32 bits per heavy atom. The molecule has 0 heterocycles. The minimum Gasteiger partial charge on any atom is -0.493 e. The average Bonchev–Trinajstić information content (AvgIpc) is 2.54. The molecule has 2 N–H and O–H groups in total. The zero-order valence-corrected chi connectivity index (χ0v) is 13.8. The molecule has 0 fully saturated rings. The molecule has 0 amide bonds. The largest absolute Gasteiger partial charge is 0.493 e. The van der Waals surface area contributed by atoms with Gasteiger partial charge in [-0.3, -0.25) is 0 Å². The number of rotatable bonds is 6. The first kappa shape index (κ1) is 16.4. The van der Waals surface area contributed by atoms with Crippen molar-refractivity contribution in [1.82, 2.24) is 0 Å². The first-order valence-electron chi connectivity index (χ1n) is 7.50. The second-order valence-corrected chi connectivity index (χ2v) is 6.00. The summed E-state index contributed by atoms with van der Waals surface area (Å²) < 4.78 is 10.7. The quantitative estimate of drug-likeness (QED) is 0.888. The summed E-state index contributed by atoms with van der Waals surface area (Å²) in [6.45, 7) is 4.90. The SMILES string of the molecule is COc1ccc(CC(C)(CN)c2cccc(C)c2)cc1OC. The highest BCUT2D eigenvalue weighted by atomic mass is 16.5. The van der Waals surface area contributed by atoms with Crippen LogP contribution in [0, 0.1) is 6.92 Å². The van der Waals surface area contributed by atoms with Crippen LogP contribution in [0.3, 0.4) is 0 Å². The Bertz CT molecular complexity index is 639. The van der Waals surface area contributed by atoms with Gasteiger partial charge in [0, 0.05) is 12.0 Å². The summed E-state index contributed by atoms with van der Waals surface area (Å²) in [5.74, 6) is 1.50. The molecule has 0 aliphatic heterocycles. The molecule has 2 aromatic rings. The second-order valence-electron chi connectivity index (χ2n) is 6.00. The normalized spacial score (nSPS) is 13.5. The number of ether oxygens (including phenoxy) is 2. The van der Waals surface area contributed by atoms with Crippen molar-refractivity contribution < 1.29 is 9.47 Å². The zero-order valence-electron chi connectivity index (χ0n) is 13.8. The molecule has 1 unspecified atom stereocenters. The average molecular weight is 299 g/mol. The lowest BCUT2D eigenvalue weighted by Crippen LogP contribution is -2.34. The summed E-state index contributed by atoms with van der Waals surface area (Å²) in [4.78, 5) is 0. The molecule has 22 heavy (non-hydrogen) atoms. The zero-order chi connectivity index (χ0) is 16.2. The van der Waals surface area contributed by atoms with Crippen LogP contribution in [-0.2, 0) is 11.8 Å². The number of hydrogen-bond donors (Lipinski definition) is 1. The molecule has 0 saturated heterocycles. The Kier molecular flexibility index (Phi) is 5.09. The van der Waals surface area contributed by atoms with Gasteiger partial charge in [-0.15, -0.1) is 0 Å². The first-order chi connectivity index (χ1) is 10.5. The maximum absolute atomic E-state index is 6.11. The minimum absolute atomic E-state index is 0.106. The molecule has 118 valence electrons. The topological polar surface area (TPSA) is 44.5 Å². The highest BCUT2D eigenvalue weighted by Crippen LogP contribution is 2.32. The Labute approximate surface area is 133 Å². The van der Waals surface area contributed by atoms with Gasteiger partial charge in [-0.05, 0) is 36.6 Å². The third-order valence-corrected chi connectivity index (χ3v) is 4.21. The lowest BCUT2D eigenvalue weighted by molar-refractivity contribution is 0.354. The van der Waals surface area contributed by atoms with Crippen LogP contribution in [-0.4, -0.2) is 20.8 Å². The van der Waals surface area contributed by atoms with Crippen molar-refractivity contribution in [1.29, 1.82) is 0 Å². The molecule has 0 aliphatic rings. The monoisotopic (exact) mass is 299 g/mol. The number of aryl methyl sites for hydroxylation is 1. The Morgan fingerprint density at radius 1 is 1.00 bits per heavy atom. The minimum atomic E-state index is -0.106. The Hall–Kier alpha value is -2.00. The van der Waals surface area contributed by atoms with Gasteiger partial charge in [-0.2, -0.15) is 0 Å². The van der Waals surface area contributed by atoms with Gasteiger partial charge in [0.25, 0.3) is 0 Å². The number of hydrogen-bond acceptors (Lipinski definition) is 3. The molecule has 1 atom stereocenters. The standard InChI is InChI=1S/C19H25NO2/c1-14-6-5-7-16(10-14)19(2,13-20)12-15-8-9-17(21-3)18(11-15)22-4/h5-11H,12-13,20H2,1-4H3. The van der Waals surface area contributed by atoms with Gasteiger partial charge < -0.3 is 15.2 Å². The van der Waals surface area contributed by atoms with Crippen LogP contribution in [0.15, 0.2) is 42.5 Å². The predicted octanol–water partition coefficient (Wildman–Crippen LogP) is 3.47. The number of benzene rings is 2. The summed E-state index contributed by atoms with van der Waals surface area (Å²) in [5, 5.41) is 0. The molecule has 2 rings (SSSR count). The van der Waals surface area contributed by atoms with E-state index in [1.54, 1.807) is 14.2 Å².